The summed E-state index contributed by atoms with van der Waals surface area (Å²) in [5.74, 6) is -0.969. The number of carbonyl (C=O) groups is 1. The second kappa shape index (κ2) is 10.5. The highest BCUT2D eigenvalue weighted by molar-refractivity contribution is 7.90. The summed E-state index contributed by atoms with van der Waals surface area (Å²) in [6, 6.07) is 14.8. The largest absolute Gasteiger partial charge is 0.431 e. The molecule has 3 aromatic rings. The lowest BCUT2D eigenvalue weighted by Crippen LogP contribution is -2.36. The zero-order valence-corrected chi connectivity index (χ0v) is 21.1. The van der Waals surface area contributed by atoms with Gasteiger partial charge in [-0.25, -0.2) is 8.42 Å². The first-order valence-corrected chi connectivity index (χ1v) is 13.3. The number of aromatic nitrogens is 1. The Morgan fingerprint density at radius 2 is 1.66 bits per heavy atom. The fourth-order valence-electron chi connectivity index (χ4n) is 4.06. The zero-order valence-electron chi connectivity index (χ0n) is 19.6. The summed E-state index contributed by atoms with van der Waals surface area (Å²) in [5.41, 5.74) is -0.00760. The van der Waals surface area contributed by atoms with Crippen molar-refractivity contribution in [3.63, 3.8) is 0 Å². The smallest absolute Gasteiger partial charge is 0.337 e. The quantitative estimate of drug-likeness (QED) is 0.379. The van der Waals surface area contributed by atoms with Gasteiger partial charge in [0.2, 0.25) is 0 Å². The monoisotopic (exact) mass is 526 g/mol. The third-order valence-electron chi connectivity index (χ3n) is 5.70. The Bertz CT molecular complexity index is 1300. The third kappa shape index (κ3) is 6.27. The molecule has 2 aromatic carbocycles. The van der Waals surface area contributed by atoms with Gasteiger partial charge < -0.3 is 9.47 Å². The van der Waals surface area contributed by atoms with Crippen molar-refractivity contribution in [2.45, 2.75) is 26.6 Å². The lowest BCUT2D eigenvalue weighted by atomic mass is 10.00. The molecular formula is C25H26ClF3N2O3S. The van der Waals surface area contributed by atoms with Gasteiger partial charge in [0.1, 0.15) is 21.2 Å². The molecule has 0 spiro atoms. The summed E-state index contributed by atoms with van der Waals surface area (Å²) in [6.45, 7) is 2.81. The van der Waals surface area contributed by atoms with Crippen molar-refractivity contribution in [2.75, 3.05) is 25.1 Å². The summed E-state index contributed by atoms with van der Waals surface area (Å²) in [6.07, 6.45) is -3.68. The van der Waals surface area contributed by atoms with Gasteiger partial charge in [-0.15, -0.1) is 0 Å². The van der Waals surface area contributed by atoms with Gasteiger partial charge in [0.25, 0.3) is 5.91 Å². The predicted molar refractivity (Wildman–Crippen MR) is 131 cm³/mol. The van der Waals surface area contributed by atoms with Gasteiger partial charge in [-0.1, -0.05) is 54.1 Å². The van der Waals surface area contributed by atoms with Crippen LogP contribution in [0.15, 0.2) is 54.6 Å². The van der Waals surface area contributed by atoms with E-state index in [1.54, 1.807) is 61.5 Å². The van der Waals surface area contributed by atoms with Crippen molar-refractivity contribution < 1.29 is 26.4 Å². The highest BCUT2D eigenvalue weighted by atomic mass is 35.5. The first kappa shape index (κ1) is 26.8. The molecule has 1 aromatic heterocycles. The van der Waals surface area contributed by atoms with Crippen LogP contribution in [0.1, 0.15) is 34.2 Å². The molecule has 0 aliphatic rings. The molecule has 0 N–H and O–H groups in total. The lowest BCUT2D eigenvalue weighted by Gasteiger charge is -2.23. The van der Waals surface area contributed by atoms with E-state index in [1.165, 1.54) is 11.8 Å². The molecule has 0 unspecified atom stereocenters. The highest BCUT2D eigenvalue weighted by Gasteiger charge is 2.41. The van der Waals surface area contributed by atoms with E-state index in [0.717, 1.165) is 10.8 Å². The first-order chi connectivity index (χ1) is 16.3. The minimum absolute atomic E-state index is 0.0849. The molecule has 0 radical (unpaired) electrons. The number of sulfone groups is 1. The third-order valence-corrected chi connectivity index (χ3v) is 6.87. The summed E-state index contributed by atoms with van der Waals surface area (Å²) in [7, 11) is -3.39. The summed E-state index contributed by atoms with van der Waals surface area (Å²) in [5, 5.41) is 0.405. The minimum atomic E-state index is -4.73. The molecule has 1 amide bonds. The van der Waals surface area contributed by atoms with Gasteiger partial charge in [0, 0.05) is 36.5 Å². The van der Waals surface area contributed by atoms with Crippen molar-refractivity contribution in [2.24, 2.45) is 0 Å². The molecule has 1 heterocycles. The molecule has 0 saturated carbocycles. The molecule has 0 atom stereocenters. The zero-order chi connectivity index (χ0) is 26.0. The summed E-state index contributed by atoms with van der Waals surface area (Å²) >= 11 is 6.00. The maximum absolute atomic E-state index is 14.4. The van der Waals surface area contributed by atoms with E-state index in [0.29, 0.717) is 16.1 Å². The Labute approximate surface area is 208 Å². The van der Waals surface area contributed by atoms with Crippen LogP contribution in [0.4, 0.5) is 13.2 Å². The van der Waals surface area contributed by atoms with Crippen molar-refractivity contribution in [3.8, 4) is 11.1 Å². The molecule has 3 rings (SSSR count). The Balaban J connectivity index is 2.30. The number of benzene rings is 2. The summed E-state index contributed by atoms with van der Waals surface area (Å²) < 4.78 is 67.6. The van der Waals surface area contributed by atoms with Crippen molar-refractivity contribution in [3.05, 3.63) is 82.1 Å². The number of alkyl halides is 3. The average molecular weight is 527 g/mol. The van der Waals surface area contributed by atoms with E-state index >= 15 is 0 Å². The van der Waals surface area contributed by atoms with Crippen LogP contribution in [0.5, 0.6) is 0 Å². The van der Waals surface area contributed by atoms with E-state index in [1.807, 2.05) is 0 Å². The molecule has 0 fully saturated rings. The highest BCUT2D eigenvalue weighted by Crippen LogP contribution is 2.42. The Hall–Kier alpha value is -2.78. The van der Waals surface area contributed by atoms with E-state index < -0.39 is 27.6 Å². The minimum Gasteiger partial charge on any atom is -0.337 e. The second-order valence-electron chi connectivity index (χ2n) is 8.29. The van der Waals surface area contributed by atoms with Crippen molar-refractivity contribution in [1.29, 1.82) is 0 Å². The number of rotatable bonds is 8. The van der Waals surface area contributed by atoms with Crippen LogP contribution >= 0.6 is 11.6 Å². The normalized spacial score (nSPS) is 12.1. The van der Waals surface area contributed by atoms with Crippen molar-refractivity contribution in [1.82, 2.24) is 9.47 Å². The topological polar surface area (TPSA) is 59.4 Å². The van der Waals surface area contributed by atoms with E-state index in [-0.39, 0.29) is 42.2 Å². The van der Waals surface area contributed by atoms with Gasteiger partial charge in [0.05, 0.1) is 5.75 Å². The first-order valence-electron chi connectivity index (χ1n) is 10.9. The van der Waals surface area contributed by atoms with Crippen LogP contribution in [0.25, 0.3) is 11.1 Å². The molecule has 0 aliphatic carbocycles. The fourth-order valence-corrected chi connectivity index (χ4v) is 4.73. The van der Waals surface area contributed by atoms with Crippen LogP contribution < -0.4 is 0 Å². The van der Waals surface area contributed by atoms with Crippen molar-refractivity contribution >= 4 is 27.3 Å². The van der Waals surface area contributed by atoms with Gasteiger partial charge in [-0.05, 0) is 42.7 Å². The molecule has 35 heavy (non-hydrogen) atoms. The van der Waals surface area contributed by atoms with Crippen LogP contribution in [0, 0.1) is 6.92 Å². The molecule has 0 saturated heterocycles. The lowest BCUT2D eigenvalue weighted by molar-refractivity contribution is -0.143. The van der Waals surface area contributed by atoms with Crippen LogP contribution in [-0.4, -0.2) is 48.9 Å². The SMILES string of the molecule is CCN(CCS(C)(=O)=O)C(=O)c1c(-c2ccc(Cl)cc2)c(C)c(C(F)(F)F)n1Cc1ccccc1. The number of hydrogen-bond donors (Lipinski definition) is 0. The van der Waals surface area contributed by atoms with E-state index in [9.17, 15) is 26.4 Å². The van der Waals surface area contributed by atoms with Gasteiger partial charge in [-0.2, -0.15) is 13.2 Å². The average Bonchev–Trinajstić information content (AvgIpc) is 3.06. The maximum atomic E-state index is 14.4. The standard InChI is InChI=1S/C25H26ClF3N2O3S/c1-4-30(14-15-35(3,33)34)24(32)22-21(19-10-12-20(26)13-11-19)17(2)23(25(27,28)29)31(22)16-18-8-6-5-7-9-18/h5-13H,4,14-16H2,1-3H3. The van der Waals surface area contributed by atoms with E-state index in [2.05, 4.69) is 0 Å². The number of hydrogen-bond acceptors (Lipinski definition) is 3. The Kier molecular flexibility index (Phi) is 8.01. The second-order valence-corrected chi connectivity index (χ2v) is 11.0. The maximum Gasteiger partial charge on any atom is 0.431 e. The Morgan fingerprint density at radius 3 is 2.17 bits per heavy atom. The van der Waals surface area contributed by atoms with Gasteiger partial charge in [-0.3, -0.25) is 4.79 Å². The molecule has 0 bridgehead atoms. The van der Waals surface area contributed by atoms with Gasteiger partial charge in [0.15, 0.2) is 0 Å². The number of halogens is 4. The molecule has 10 heteroatoms. The predicted octanol–water partition coefficient (Wildman–Crippen LogP) is 5.69. The van der Waals surface area contributed by atoms with E-state index in [4.69, 9.17) is 11.6 Å². The molecule has 5 nitrogen and oxygen atoms in total. The van der Waals surface area contributed by atoms with Crippen LogP contribution in [-0.2, 0) is 22.6 Å². The molecule has 188 valence electrons. The number of amides is 1. The number of carbonyl (C=O) groups excluding carboxylic acids is 1. The summed E-state index contributed by atoms with van der Waals surface area (Å²) in [4.78, 5) is 15.0. The Morgan fingerprint density at radius 1 is 1.06 bits per heavy atom. The number of nitrogens with zero attached hydrogens (tertiary/aromatic N) is 2. The van der Waals surface area contributed by atoms with Gasteiger partial charge >= 0.3 is 6.18 Å². The van der Waals surface area contributed by atoms with Crippen LogP contribution in [0.3, 0.4) is 0 Å². The fraction of sp³-hybridized carbons (Fsp3) is 0.320. The molecule has 0 aliphatic heterocycles. The van der Waals surface area contributed by atoms with Crippen LogP contribution in [0.2, 0.25) is 5.02 Å². The molecular weight excluding hydrogens is 501 g/mol.